The topological polar surface area (TPSA) is 98.7 Å². The molecule has 1 aliphatic carbocycles. The van der Waals surface area contributed by atoms with E-state index in [0.717, 1.165) is 12.8 Å². The van der Waals surface area contributed by atoms with E-state index < -0.39 is 24.6 Å². The molecule has 1 rings (SSSR count). The first-order valence-corrected chi connectivity index (χ1v) is 4.85. The van der Waals surface area contributed by atoms with Gasteiger partial charge in [-0.25, -0.2) is 9.59 Å². The van der Waals surface area contributed by atoms with E-state index in [9.17, 15) is 9.59 Å². The average molecular weight is 216 g/mol. The fraction of sp³-hybridized carbons (Fsp3) is 0.778. The summed E-state index contributed by atoms with van der Waals surface area (Å²) in [6.45, 7) is 1.98. The summed E-state index contributed by atoms with van der Waals surface area (Å²) in [6.07, 6.45) is 2.16. The molecule has 0 aliphatic heterocycles. The molecular formula is C9H16N2O4. The van der Waals surface area contributed by atoms with Crippen LogP contribution >= 0.6 is 0 Å². The predicted octanol–water partition coefficient (Wildman–Crippen LogP) is -0.469. The molecule has 4 N–H and O–H groups in total. The van der Waals surface area contributed by atoms with Crippen molar-refractivity contribution < 1.29 is 19.8 Å². The summed E-state index contributed by atoms with van der Waals surface area (Å²) in [5.74, 6) is -1.25. The number of aliphatic carboxylic acids is 1. The Hall–Kier alpha value is -1.30. The number of carboxylic acids is 1. The van der Waals surface area contributed by atoms with Gasteiger partial charge < -0.3 is 20.8 Å². The number of amides is 2. The minimum atomic E-state index is -1.25. The number of aliphatic hydroxyl groups excluding tert-OH is 1. The number of rotatable bonds is 5. The Labute approximate surface area is 87.7 Å². The SMILES string of the molecule is CC1(CNC(=O)N[C@@H](CO)C(=O)O)CC1. The number of hydrogen-bond acceptors (Lipinski definition) is 3. The van der Waals surface area contributed by atoms with E-state index in [2.05, 4.69) is 10.6 Å². The molecule has 0 saturated heterocycles. The van der Waals surface area contributed by atoms with Gasteiger partial charge in [0.25, 0.3) is 0 Å². The molecule has 0 bridgehead atoms. The van der Waals surface area contributed by atoms with Crippen molar-refractivity contribution in [2.45, 2.75) is 25.8 Å². The van der Waals surface area contributed by atoms with Gasteiger partial charge in [0.05, 0.1) is 6.61 Å². The molecule has 0 spiro atoms. The van der Waals surface area contributed by atoms with Gasteiger partial charge in [0, 0.05) is 6.54 Å². The van der Waals surface area contributed by atoms with Crippen molar-refractivity contribution in [2.24, 2.45) is 5.41 Å². The van der Waals surface area contributed by atoms with Crippen molar-refractivity contribution in [1.29, 1.82) is 0 Å². The summed E-state index contributed by atoms with van der Waals surface area (Å²) in [4.78, 5) is 21.7. The number of hydrogen-bond donors (Lipinski definition) is 4. The molecule has 0 radical (unpaired) electrons. The second kappa shape index (κ2) is 4.48. The van der Waals surface area contributed by atoms with Crippen molar-refractivity contribution in [3.05, 3.63) is 0 Å². The lowest BCUT2D eigenvalue weighted by Crippen LogP contribution is -2.48. The Morgan fingerprint density at radius 1 is 1.47 bits per heavy atom. The molecule has 0 unspecified atom stereocenters. The molecule has 1 fully saturated rings. The Kier molecular flexibility index (Phi) is 3.52. The molecule has 0 aromatic rings. The van der Waals surface area contributed by atoms with Crippen LogP contribution in [0.15, 0.2) is 0 Å². The zero-order chi connectivity index (χ0) is 11.5. The van der Waals surface area contributed by atoms with E-state index in [-0.39, 0.29) is 5.41 Å². The standard InChI is InChI=1S/C9H16N2O4/c1-9(2-3-9)5-10-8(15)11-6(4-12)7(13)14/h6,12H,2-5H2,1H3,(H,13,14)(H2,10,11,15)/t6-/m0/s1. The van der Waals surface area contributed by atoms with E-state index in [4.69, 9.17) is 10.2 Å². The zero-order valence-corrected chi connectivity index (χ0v) is 8.62. The molecule has 0 aromatic carbocycles. The molecule has 1 aliphatic rings. The minimum absolute atomic E-state index is 0.176. The normalized spacial score (nSPS) is 19.1. The third kappa shape index (κ3) is 3.75. The lowest BCUT2D eigenvalue weighted by Gasteiger charge is -2.14. The summed E-state index contributed by atoms with van der Waals surface area (Å²) < 4.78 is 0. The van der Waals surface area contributed by atoms with Crippen LogP contribution in [0.25, 0.3) is 0 Å². The van der Waals surface area contributed by atoms with Crippen LogP contribution in [-0.2, 0) is 4.79 Å². The predicted molar refractivity (Wildman–Crippen MR) is 52.4 cm³/mol. The largest absolute Gasteiger partial charge is 0.480 e. The van der Waals surface area contributed by atoms with Gasteiger partial charge in [-0.2, -0.15) is 0 Å². The first-order valence-electron chi connectivity index (χ1n) is 4.85. The van der Waals surface area contributed by atoms with Gasteiger partial charge in [0.2, 0.25) is 0 Å². The van der Waals surface area contributed by atoms with E-state index in [1.165, 1.54) is 0 Å². The van der Waals surface area contributed by atoms with Crippen molar-refractivity contribution in [3.8, 4) is 0 Å². The Balaban J connectivity index is 2.25. The van der Waals surface area contributed by atoms with Crippen LogP contribution in [0.5, 0.6) is 0 Å². The third-order valence-corrected chi connectivity index (χ3v) is 2.57. The van der Waals surface area contributed by atoms with Crippen LogP contribution in [-0.4, -0.2) is 41.4 Å². The average Bonchev–Trinajstić information content (AvgIpc) is 2.90. The second-order valence-electron chi connectivity index (χ2n) is 4.21. The Morgan fingerprint density at radius 3 is 2.47 bits per heavy atom. The fourth-order valence-electron chi connectivity index (χ4n) is 1.08. The first kappa shape index (κ1) is 11.8. The van der Waals surface area contributed by atoms with Crippen LogP contribution in [0.2, 0.25) is 0 Å². The molecule has 6 nitrogen and oxygen atoms in total. The molecule has 86 valence electrons. The first-order chi connectivity index (χ1) is 6.97. The van der Waals surface area contributed by atoms with Crippen LogP contribution in [0, 0.1) is 5.41 Å². The smallest absolute Gasteiger partial charge is 0.328 e. The van der Waals surface area contributed by atoms with Gasteiger partial charge in [-0.1, -0.05) is 6.92 Å². The quantitative estimate of drug-likeness (QED) is 0.499. The molecule has 1 saturated carbocycles. The van der Waals surface area contributed by atoms with Crippen LogP contribution in [0.3, 0.4) is 0 Å². The number of aliphatic hydroxyl groups is 1. The minimum Gasteiger partial charge on any atom is -0.480 e. The maximum Gasteiger partial charge on any atom is 0.328 e. The number of carbonyl (C=O) groups excluding carboxylic acids is 1. The maximum atomic E-state index is 11.2. The number of nitrogens with one attached hydrogen (secondary N) is 2. The third-order valence-electron chi connectivity index (χ3n) is 2.57. The molecule has 0 aromatic heterocycles. The van der Waals surface area contributed by atoms with Gasteiger partial charge in [0.15, 0.2) is 6.04 Å². The van der Waals surface area contributed by atoms with Gasteiger partial charge in [-0.05, 0) is 18.3 Å². The van der Waals surface area contributed by atoms with Gasteiger partial charge in [0.1, 0.15) is 0 Å². The van der Waals surface area contributed by atoms with E-state index in [1.807, 2.05) is 6.92 Å². The molecule has 15 heavy (non-hydrogen) atoms. The fourth-order valence-corrected chi connectivity index (χ4v) is 1.08. The molecule has 6 heteroatoms. The molecule has 1 atom stereocenters. The number of carboxylic acid groups (broad SMARTS) is 1. The van der Waals surface area contributed by atoms with Crippen molar-refractivity contribution in [3.63, 3.8) is 0 Å². The van der Waals surface area contributed by atoms with Crippen molar-refractivity contribution >= 4 is 12.0 Å². The number of carbonyl (C=O) groups is 2. The zero-order valence-electron chi connectivity index (χ0n) is 8.62. The summed E-state index contributed by atoms with van der Waals surface area (Å²) in [5, 5.41) is 22.0. The lowest BCUT2D eigenvalue weighted by molar-refractivity contribution is -0.140. The highest BCUT2D eigenvalue weighted by atomic mass is 16.4. The Morgan fingerprint density at radius 2 is 2.07 bits per heavy atom. The number of urea groups is 1. The summed E-state index contributed by atoms with van der Waals surface area (Å²) >= 11 is 0. The molecule has 0 heterocycles. The summed E-state index contributed by atoms with van der Waals surface area (Å²) in [5.41, 5.74) is 0.176. The highest BCUT2D eigenvalue weighted by Crippen LogP contribution is 2.43. The van der Waals surface area contributed by atoms with Crippen molar-refractivity contribution in [2.75, 3.05) is 13.2 Å². The second-order valence-corrected chi connectivity index (χ2v) is 4.21. The van der Waals surface area contributed by atoms with E-state index in [0.29, 0.717) is 6.54 Å². The summed E-state index contributed by atoms with van der Waals surface area (Å²) in [6, 6.07) is -1.79. The van der Waals surface area contributed by atoms with Crippen LogP contribution in [0.1, 0.15) is 19.8 Å². The highest BCUT2D eigenvalue weighted by molar-refractivity contribution is 5.82. The molecular weight excluding hydrogens is 200 g/mol. The van der Waals surface area contributed by atoms with Gasteiger partial charge in [-0.3, -0.25) is 0 Å². The van der Waals surface area contributed by atoms with Gasteiger partial charge in [-0.15, -0.1) is 0 Å². The van der Waals surface area contributed by atoms with Gasteiger partial charge >= 0.3 is 12.0 Å². The van der Waals surface area contributed by atoms with Crippen LogP contribution in [0.4, 0.5) is 4.79 Å². The van der Waals surface area contributed by atoms with Crippen LogP contribution < -0.4 is 10.6 Å². The molecule has 2 amide bonds. The highest BCUT2D eigenvalue weighted by Gasteiger charge is 2.37. The maximum absolute atomic E-state index is 11.2. The Bertz CT molecular complexity index is 263. The van der Waals surface area contributed by atoms with Crippen molar-refractivity contribution in [1.82, 2.24) is 10.6 Å². The lowest BCUT2D eigenvalue weighted by atomic mass is 10.1. The van der Waals surface area contributed by atoms with E-state index >= 15 is 0 Å². The summed E-state index contributed by atoms with van der Waals surface area (Å²) in [7, 11) is 0. The monoisotopic (exact) mass is 216 g/mol. The van der Waals surface area contributed by atoms with E-state index in [1.54, 1.807) is 0 Å².